The lowest BCUT2D eigenvalue weighted by atomic mass is 10.2. The Bertz CT molecular complexity index is 387. The van der Waals surface area contributed by atoms with Gasteiger partial charge < -0.3 is 14.9 Å². The number of hydrogen-bond donors (Lipinski definition) is 2. The minimum absolute atomic E-state index is 0.0415. The minimum atomic E-state index is -1.32. The average Bonchev–Trinajstić information content (AvgIpc) is 2.07. The fourth-order valence-electron chi connectivity index (χ4n) is 0.843. The Morgan fingerprint density at radius 3 is 2.50 bits per heavy atom. The van der Waals surface area contributed by atoms with E-state index >= 15 is 0 Å². The Labute approximate surface area is 83.5 Å². The van der Waals surface area contributed by atoms with Gasteiger partial charge in [0.15, 0.2) is 0 Å². The molecule has 1 aromatic carbocycles. The summed E-state index contributed by atoms with van der Waals surface area (Å²) in [5.41, 5.74) is -1.44. The Kier molecular flexibility index (Phi) is 2.93. The number of carboxylic acid groups (broad SMARTS) is 1. The number of carbonyl (C=O) groups excluding carboxylic acids is 1. The van der Waals surface area contributed by atoms with Gasteiger partial charge in [-0.15, -0.1) is 0 Å². The van der Waals surface area contributed by atoms with Crippen LogP contribution in [0, 0.1) is 0 Å². The second-order valence-corrected chi connectivity index (χ2v) is 2.63. The van der Waals surface area contributed by atoms with Crippen molar-refractivity contribution < 1.29 is 24.5 Å². The van der Waals surface area contributed by atoms with Crippen molar-refractivity contribution in [2.45, 2.75) is 0 Å². The maximum absolute atomic E-state index is 10.5. The quantitative estimate of drug-likeness (QED) is 0.737. The van der Waals surface area contributed by atoms with E-state index in [9.17, 15) is 9.59 Å². The van der Waals surface area contributed by atoms with Crippen molar-refractivity contribution >= 4 is 23.0 Å². The lowest BCUT2D eigenvalue weighted by Crippen LogP contribution is -2.00. The van der Waals surface area contributed by atoms with Gasteiger partial charge in [0, 0.05) is 11.6 Å². The first-order valence-corrected chi connectivity index (χ1v) is 3.82. The van der Waals surface area contributed by atoms with Crippen LogP contribution in [0.2, 0.25) is 0 Å². The zero-order valence-corrected chi connectivity index (χ0v) is 7.49. The van der Waals surface area contributed by atoms with Gasteiger partial charge in [-0.05, 0) is 18.2 Å². The van der Waals surface area contributed by atoms with Crippen molar-refractivity contribution in [3.8, 4) is 11.5 Å². The van der Waals surface area contributed by atoms with E-state index in [2.05, 4.69) is 4.74 Å². The molecule has 0 radical (unpaired) electrons. The molecule has 2 N–H and O–H groups in total. The zero-order chi connectivity index (χ0) is 10.7. The van der Waals surface area contributed by atoms with Crippen LogP contribution in [0.4, 0.5) is 4.79 Å². The van der Waals surface area contributed by atoms with E-state index < -0.39 is 17.1 Å². The number of carbonyl (C=O) groups is 2. The number of ether oxygens (including phenoxy) is 1. The lowest BCUT2D eigenvalue weighted by molar-refractivity contribution is 0.0693. The molecule has 74 valence electrons. The molecule has 1 rings (SSSR count). The minimum Gasteiger partial charge on any atom is -0.507 e. The molecule has 14 heavy (non-hydrogen) atoms. The normalized spacial score (nSPS) is 9.50. The van der Waals surface area contributed by atoms with Gasteiger partial charge in [0.25, 0.3) is 0 Å². The Morgan fingerprint density at radius 2 is 2.00 bits per heavy atom. The van der Waals surface area contributed by atoms with Crippen molar-refractivity contribution in [3.63, 3.8) is 0 Å². The second-order valence-electron chi connectivity index (χ2n) is 2.32. The maximum Gasteiger partial charge on any atom is 0.409 e. The highest BCUT2D eigenvalue weighted by molar-refractivity contribution is 6.61. The summed E-state index contributed by atoms with van der Waals surface area (Å²) >= 11 is 4.91. The Morgan fingerprint density at radius 1 is 1.36 bits per heavy atom. The van der Waals surface area contributed by atoms with Gasteiger partial charge in [0.2, 0.25) is 0 Å². The van der Waals surface area contributed by atoms with E-state index in [-0.39, 0.29) is 11.3 Å². The van der Waals surface area contributed by atoms with Crippen molar-refractivity contribution in [2.24, 2.45) is 0 Å². The number of aromatic carboxylic acids is 1. The summed E-state index contributed by atoms with van der Waals surface area (Å²) in [7, 11) is 0. The largest absolute Gasteiger partial charge is 0.507 e. The molecule has 0 heterocycles. The van der Waals surface area contributed by atoms with Gasteiger partial charge in [-0.2, -0.15) is 0 Å². The monoisotopic (exact) mass is 216 g/mol. The van der Waals surface area contributed by atoms with Crippen LogP contribution in [0.1, 0.15) is 10.4 Å². The van der Waals surface area contributed by atoms with E-state index in [1.54, 1.807) is 0 Å². The molecule has 0 amide bonds. The Hall–Kier alpha value is -1.75. The first-order valence-electron chi connectivity index (χ1n) is 3.44. The number of phenols is 1. The third-order valence-corrected chi connectivity index (χ3v) is 1.47. The molecule has 0 aliphatic heterocycles. The summed E-state index contributed by atoms with van der Waals surface area (Å²) in [4.78, 5) is 20.8. The fraction of sp³-hybridized carbons (Fsp3) is 0. The van der Waals surface area contributed by atoms with Crippen molar-refractivity contribution in [3.05, 3.63) is 23.8 Å². The van der Waals surface area contributed by atoms with Crippen LogP contribution in [0.25, 0.3) is 0 Å². The highest BCUT2D eigenvalue weighted by atomic mass is 35.5. The van der Waals surface area contributed by atoms with Crippen LogP contribution < -0.4 is 4.74 Å². The molecule has 0 atom stereocenters. The highest BCUT2D eigenvalue weighted by Gasteiger charge is 2.11. The Balaban J connectivity index is 3.06. The van der Waals surface area contributed by atoms with Gasteiger partial charge in [-0.25, -0.2) is 9.59 Å². The zero-order valence-electron chi connectivity index (χ0n) is 6.73. The van der Waals surface area contributed by atoms with Crippen molar-refractivity contribution in [1.82, 2.24) is 0 Å². The predicted octanol–water partition coefficient (Wildman–Crippen LogP) is 1.83. The first-order chi connectivity index (χ1) is 6.50. The van der Waals surface area contributed by atoms with E-state index in [0.717, 1.165) is 12.1 Å². The van der Waals surface area contributed by atoms with Gasteiger partial charge in [-0.1, -0.05) is 0 Å². The SMILES string of the molecule is O=C(Cl)Oc1ccc(O)c(C(=O)O)c1. The molecule has 1 aromatic rings. The molecular formula is C8H5ClO5. The van der Waals surface area contributed by atoms with E-state index in [1.165, 1.54) is 6.07 Å². The lowest BCUT2D eigenvalue weighted by Gasteiger charge is -2.02. The predicted molar refractivity (Wildman–Crippen MR) is 46.9 cm³/mol. The molecular weight excluding hydrogens is 212 g/mol. The second kappa shape index (κ2) is 3.97. The van der Waals surface area contributed by atoms with E-state index in [0.29, 0.717) is 0 Å². The smallest absolute Gasteiger partial charge is 0.409 e. The number of halogens is 1. The topological polar surface area (TPSA) is 83.8 Å². The summed E-state index contributed by atoms with van der Waals surface area (Å²) in [6.45, 7) is 0. The highest BCUT2D eigenvalue weighted by Crippen LogP contribution is 2.23. The molecule has 0 fully saturated rings. The van der Waals surface area contributed by atoms with Gasteiger partial charge in [-0.3, -0.25) is 0 Å². The third kappa shape index (κ3) is 2.37. The standard InChI is InChI=1S/C8H5ClO5/c9-8(13)14-4-1-2-6(10)5(3-4)7(11)12/h1-3,10H,(H,11,12). The molecule has 0 aromatic heterocycles. The molecule has 0 aliphatic rings. The summed E-state index contributed by atoms with van der Waals surface area (Å²) in [6, 6.07) is 3.32. The van der Waals surface area contributed by atoms with Crippen LogP contribution in [0.3, 0.4) is 0 Å². The van der Waals surface area contributed by atoms with Gasteiger partial charge in [0.1, 0.15) is 17.1 Å². The molecule has 0 bridgehead atoms. The molecule has 5 nitrogen and oxygen atoms in total. The first kappa shape index (κ1) is 10.3. The van der Waals surface area contributed by atoms with Crippen molar-refractivity contribution in [1.29, 1.82) is 0 Å². The maximum atomic E-state index is 10.5. The summed E-state index contributed by atoms with van der Waals surface area (Å²) < 4.78 is 4.41. The van der Waals surface area contributed by atoms with Gasteiger partial charge >= 0.3 is 11.4 Å². The third-order valence-electron chi connectivity index (χ3n) is 1.40. The molecule has 0 unspecified atom stereocenters. The van der Waals surface area contributed by atoms with Gasteiger partial charge in [0.05, 0.1) is 0 Å². The molecule has 0 spiro atoms. The number of hydrogen-bond acceptors (Lipinski definition) is 4. The summed E-state index contributed by atoms with van der Waals surface area (Å²) in [6.07, 6.45) is 0. The van der Waals surface area contributed by atoms with E-state index in [1.807, 2.05) is 0 Å². The van der Waals surface area contributed by atoms with E-state index in [4.69, 9.17) is 21.8 Å². The van der Waals surface area contributed by atoms with Crippen LogP contribution in [0.5, 0.6) is 11.5 Å². The number of rotatable bonds is 2. The van der Waals surface area contributed by atoms with Crippen LogP contribution >= 0.6 is 11.6 Å². The number of aromatic hydroxyl groups is 1. The molecule has 6 heteroatoms. The number of benzene rings is 1. The summed E-state index contributed by atoms with van der Waals surface area (Å²) in [5, 5.41) is 17.7. The van der Waals surface area contributed by atoms with Crippen LogP contribution in [-0.2, 0) is 0 Å². The van der Waals surface area contributed by atoms with Crippen LogP contribution in [0.15, 0.2) is 18.2 Å². The average molecular weight is 217 g/mol. The number of carboxylic acids is 1. The molecule has 0 aliphatic carbocycles. The molecule has 0 saturated heterocycles. The van der Waals surface area contributed by atoms with Crippen LogP contribution in [-0.4, -0.2) is 21.6 Å². The fourth-order valence-corrected chi connectivity index (χ4v) is 0.932. The summed E-state index contributed by atoms with van der Waals surface area (Å²) in [5.74, 6) is -1.78. The van der Waals surface area contributed by atoms with Crippen molar-refractivity contribution in [2.75, 3.05) is 0 Å². The molecule has 0 saturated carbocycles.